The number of fused-ring (bicyclic) bond motifs is 1. The minimum atomic E-state index is 0.672. The average molecular weight is 256 g/mol. The maximum Gasteiger partial charge on any atom is 0.124 e. The van der Waals surface area contributed by atoms with Gasteiger partial charge in [0.2, 0.25) is 0 Å². The Labute approximate surface area is 113 Å². The summed E-state index contributed by atoms with van der Waals surface area (Å²) in [4.78, 5) is 4.73. The average Bonchev–Trinajstić information content (AvgIpc) is 3.13. The Bertz CT molecular complexity index is 636. The van der Waals surface area contributed by atoms with Gasteiger partial charge in [0.25, 0.3) is 0 Å². The van der Waals surface area contributed by atoms with E-state index in [0.29, 0.717) is 12.0 Å². The SMILES string of the molecule is COc1cc2nc(C)n(C3CCC3)c2cc1C1CC1. The Balaban J connectivity index is 1.92. The monoisotopic (exact) mass is 256 g/mol. The van der Waals surface area contributed by atoms with Gasteiger partial charge in [-0.25, -0.2) is 4.98 Å². The molecule has 1 aromatic carbocycles. The maximum atomic E-state index is 5.56. The highest BCUT2D eigenvalue weighted by Gasteiger charge is 2.29. The van der Waals surface area contributed by atoms with Gasteiger partial charge in [-0.05, 0) is 56.6 Å². The number of benzene rings is 1. The maximum absolute atomic E-state index is 5.56. The van der Waals surface area contributed by atoms with E-state index in [9.17, 15) is 0 Å². The zero-order valence-corrected chi connectivity index (χ0v) is 11.6. The molecular weight excluding hydrogens is 236 g/mol. The van der Waals surface area contributed by atoms with Crippen LogP contribution in [0.1, 0.15) is 55.5 Å². The molecule has 0 bridgehead atoms. The molecule has 0 saturated heterocycles. The topological polar surface area (TPSA) is 27.1 Å². The van der Waals surface area contributed by atoms with E-state index in [1.807, 2.05) is 0 Å². The van der Waals surface area contributed by atoms with E-state index in [4.69, 9.17) is 9.72 Å². The Morgan fingerprint density at radius 1 is 1.21 bits per heavy atom. The highest BCUT2D eigenvalue weighted by molar-refractivity contribution is 5.80. The largest absolute Gasteiger partial charge is 0.496 e. The number of aromatic nitrogens is 2. The van der Waals surface area contributed by atoms with Gasteiger partial charge in [0.1, 0.15) is 11.6 Å². The summed E-state index contributed by atoms with van der Waals surface area (Å²) in [6.45, 7) is 2.13. The van der Waals surface area contributed by atoms with Crippen molar-refractivity contribution in [3.05, 3.63) is 23.5 Å². The van der Waals surface area contributed by atoms with Gasteiger partial charge in [0.15, 0.2) is 0 Å². The molecule has 3 nitrogen and oxygen atoms in total. The number of rotatable bonds is 3. The minimum absolute atomic E-state index is 0.672. The molecule has 0 radical (unpaired) electrons. The first-order chi connectivity index (χ1) is 9.28. The standard InChI is InChI=1S/C16H20N2O/c1-10-17-14-9-16(19-2)13(11-6-7-11)8-15(14)18(10)12-4-3-5-12/h8-9,11-12H,3-7H2,1-2H3. The van der Waals surface area contributed by atoms with Gasteiger partial charge < -0.3 is 9.30 Å². The lowest BCUT2D eigenvalue weighted by molar-refractivity contribution is 0.315. The van der Waals surface area contributed by atoms with Crippen LogP contribution in [0.4, 0.5) is 0 Å². The molecule has 0 aliphatic heterocycles. The fourth-order valence-electron chi connectivity index (χ4n) is 3.25. The van der Waals surface area contributed by atoms with E-state index in [1.165, 1.54) is 43.2 Å². The number of methoxy groups -OCH3 is 1. The lowest BCUT2D eigenvalue weighted by atomic mass is 9.92. The van der Waals surface area contributed by atoms with Gasteiger partial charge in [-0.15, -0.1) is 0 Å². The molecule has 4 rings (SSSR count). The second-order valence-corrected chi connectivity index (χ2v) is 5.97. The van der Waals surface area contributed by atoms with Crippen molar-refractivity contribution >= 4 is 11.0 Å². The van der Waals surface area contributed by atoms with Gasteiger partial charge in [-0.1, -0.05) is 0 Å². The summed E-state index contributed by atoms with van der Waals surface area (Å²) in [6, 6.07) is 5.14. The lowest BCUT2D eigenvalue weighted by Crippen LogP contribution is -2.18. The van der Waals surface area contributed by atoms with E-state index in [1.54, 1.807) is 7.11 Å². The van der Waals surface area contributed by atoms with Crippen molar-refractivity contribution in [3.8, 4) is 5.75 Å². The summed E-state index contributed by atoms with van der Waals surface area (Å²) in [5.41, 5.74) is 3.78. The first-order valence-electron chi connectivity index (χ1n) is 7.34. The van der Waals surface area contributed by atoms with Crippen molar-refractivity contribution in [1.82, 2.24) is 9.55 Å². The summed E-state index contributed by atoms with van der Waals surface area (Å²) in [7, 11) is 1.77. The predicted molar refractivity (Wildman–Crippen MR) is 75.9 cm³/mol. The molecule has 0 amide bonds. The number of hydrogen-bond acceptors (Lipinski definition) is 2. The van der Waals surface area contributed by atoms with E-state index >= 15 is 0 Å². The van der Waals surface area contributed by atoms with Crippen molar-refractivity contribution in [1.29, 1.82) is 0 Å². The molecule has 3 heteroatoms. The van der Waals surface area contributed by atoms with Crippen LogP contribution >= 0.6 is 0 Å². The summed E-state index contributed by atoms with van der Waals surface area (Å²) in [5.74, 6) is 2.88. The molecule has 2 saturated carbocycles. The summed E-state index contributed by atoms with van der Waals surface area (Å²) in [5, 5.41) is 0. The number of hydrogen-bond donors (Lipinski definition) is 0. The van der Waals surface area contributed by atoms with E-state index in [2.05, 4.69) is 23.6 Å². The third kappa shape index (κ3) is 1.67. The van der Waals surface area contributed by atoms with Crippen LogP contribution in [0.2, 0.25) is 0 Å². The quantitative estimate of drug-likeness (QED) is 0.831. The number of imidazole rings is 1. The van der Waals surface area contributed by atoms with Crippen LogP contribution in [0.3, 0.4) is 0 Å². The Hall–Kier alpha value is -1.51. The molecule has 0 unspecified atom stereocenters. The van der Waals surface area contributed by atoms with Gasteiger partial charge >= 0.3 is 0 Å². The summed E-state index contributed by atoms with van der Waals surface area (Å²) in [6.07, 6.45) is 6.57. The first-order valence-corrected chi connectivity index (χ1v) is 7.34. The van der Waals surface area contributed by atoms with Crippen LogP contribution in [0.25, 0.3) is 11.0 Å². The Morgan fingerprint density at radius 3 is 2.58 bits per heavy atom. The van der Waals surface area contributed by atoms with Crippen LogP contribution < -0.4 is 4.74 Å². The molecule has 2 aliphatic carbocycles. The van der Waals surface area contributed by atoms with Gasteiger partial charge in [-0.3, -0.25) is 0 Å². The van der Waals surface area contributed by atoms with Crippen molar-refractivity contribution in [2.24, 2.45) is 0 Å². The zero-order valence-electron chi connectivity index (χ0n) is 11.6. The van der Waals surface area contributed by atoms with Crippen molar-refractivity contribution in [2.45, 2.75) is 51.0 Å². The molecule has 1 heterocycles. The number of nitrogens with zero attached hydrogens (tertiary/aromatic N) is 2. The fraction of sp³-hybridized carbons (Fsp3) is 0.562. The molecule has 0 spiro atoms. The molecule has 100 valence electrons. The van der Waals surface area contributed by atoms with Gasteiger partial charge in [-0.2, -0.15) is 0 Å². The van der Waals surface area contributed by atoms with Crippen molar-refractivity contribution < 1.29 is 4.74 Å². The van der Waals surface area contributed by atoms with Gasteiger partial charge in [0, 0.05) is 12.1 Å². The van der Waals surface area contributed by atoms with Crippen LogP contribution in [0.5, 0.6) is 5.75 Å². The third-order valence-corrected chi connectivity index (χ3v) is 4.67. The Morgan fingerprint density at radius 2 is 2.00 bits per heavy atom. The normalized spacial score (nSPS) is 19.7. The predicted octanol–water partition coefficient (Wildman–Crippen LogP) is 3.96. The van der Waals surface area contributed by atoms with Crippen LogP contribution in [-0.4, -0.2) is 16.7 Å². The number of ether oxygens (including phenoxy) is 1. The second kappa shape index (κ2) is 3.99. The van der Waals surface area contributed by atoms with E-state index in [0.717, 1.165) is 17.1 Å². The van der Waals surface area contributed by atoms with Gasteiger partial charge in [0.05, 0.1) is 18.1 Å². The Kier molecular flexibility index (Phi) is 2.38. The molecule has 2 fully saturated rings. The van der Waals surface area contributed by atoms with Crippen LogP contribution in [0.15, 0.2) is 12.1 Å². The second-order valence-electron chi connectivity index (χ2n) is 5.97. The lowest BCUT2D eigenvalue weighted by Gasteiger charge is -2.28. The molecule has 0 atom stereocenters. The highest BCUT2D eigenvalue weighted by Crippen LogP contribution is 2.46. The molecule has 2 aromatic rings. The summed E-state index contributed by atoms with van der Waals surface area (Å²) >= 11 is 0. The van der Waals surface area contributed by atoms with Crippen LogP contribution in [-0.2, 0) is 0 Å². The van der Waals surface area contributed by atoms with E-state index in [-0.39, 0.29) is 0 Å². The molecular formula is C16H20N2O. The van der Waals surface area contributed by atoms with Crippen molar-refractivity contribution in [2.75, 3.05) is 7.11 Å². The van der Waals surface area contributed by atoms with Crippen LogP contribution in [0, 0.1) is 6.92 Å². The minimum Gasteiger partial charge on any atom is -0.496 e. The van der Waals surface area contributed by atoms with E-state index < -0.39 is 0 Å². The molecule has 1 aromatic heterocycles. The third-order valence-electron chi connectivity index (χ3n) is 4.67. The smallest absolute Gasteiger partial charge is 0.124 e. The number of aryl methyl sites for hydroxylation is 1. The first kappa shape index (κ1) is 11.3. The van der Waals surface area contributed by atoms with Crippen molar-refractivity contribution in [3.63, 3.8) is 0 Å². The zero-order chi connectivity index (χ0) is 13.0. The summed E-state index contributed by atoms with van der Waals surface area (Å²) < 4.78 is 8.00. The molecule has 19 heavy (non-hydrogen) atoms. The molecule has 0 N–H and O–H groups in total. The fourth-order valence-corrected chi connectivity index (χ4v) is 3.25. The molecule has 2 aliphatic rings. The highest BCUT2D eigenvalue weighted by atomic mass is 16.5.